The first-order valence-electron chi connectivity index (χ1n) is 7.03. The van der Waals surface area contributed by atoms with Crippen LogP contribution >= 0.6 is 0 Å². The fourth-order valence-corrected chi connectivity index (χ4v) is 2.37. The van der Waals surface area contributed by atoms with Crippen molar-refractivity contribution in [3.05, 3.63) is 77.8 Å². The lowest BCUT2D eigenvalue weighted by atomic mass is 10.0. The second-order valence-corrected chi connectivity index (χ2v) is 5.05. The van der Waals surface area contributed by atoms with Crippen LogP contribution in [-0.2, 0) is 11.0 Å². The minimum absolute atomic E-state index is 0.216. The van der Waals surface area contributed by atoms with E-state index < -0.39 is 11.7 Å². The van der Waals surface area contributed by atoms with Crippen LogP contribution in [0.4, 0.5) is 13.2 Å². The van der Waals surface area contributed by atoms with Crippen molar-refractivity contribution in [2.24, 2.45) is 0 Å². The molecule has 0 spiro atoms. The molecule has 0 aliphatic rings. The molecule has 0 saturated heterocycles. The van der Waals surface area contributed by atoms with Gasteiger partial charge in [0.05, 0.1) is 16.8 Å². The van der Waals surface area contributed by atoms with Gasteiger partial charge in [-0.05, 0) is 42.0 Å². The molecule has 0 saturated carbocycles. The van der Waals surface area contributed by atoms with Crippen LogP contribution in [0.1, 0.15) is 16.8 Å². The number of alkyl halides is 3. The van der Waals surface area contributed by atoms with Crippen LogP contribution in [0.15, 0.2) is 60.9 Å². The van der Waals surface area contributed by atoms with E-state index in [1.165, 1.54) is 12.1 Å². The highest BCUT2D eigenvalue weighted by atomic mass is 19.4. The summed E-state index contributed by atoms with van der Waals surface area (Å²) in [7, 11) is 0. The van der Waals surface area contributed by atoms with E-state index in [0.717, 1.165) is 12.1 Å². The summed E-state index contributed by atoms with van der Waals surface area (Å²) in [6.45, 7) is 0. The first-order valence-corrected chi connectivity index (χ1v) is 7.03. The summed E-state index contributed by atoms with van der Waals surface area (Å²) in [5, 5.41) is 0.590. The van der Waals surface area contributed by atoms with Crippen molar-refractivity contribution in [2.75, 3.05) is 0 Å². The monoisotopic (exact) mass is 328 g/mol. The molecule has 120 valence electrons. The molecule has 0 bridgehead atoms. The molecule has 0 radical (unpaired) electrons. The van der Waals surface area contributed by atoms with Gasteiger partial charge in [0.25, 0.3) is 0 Å². The van der Waals surface area contributed by atoms with E-state index in [4.69, 9.17) is 0 Å². The number of halogens is 3. The van der Waals surface area contributed by atoms with Crippen molar-refractivity contribution in [3.8, 4) is 0 Å². The van der Waals surface area contributed by atoms with Gasteiger partial charge in [-0.25, -0.2) is 4.98 Å². The Labute approximate surface area is 135 Å². The molecule has 0 aliphatic heterocycles. The van der Waals surface area contributed by atoms with Crippen molar-refractivity contribution in [2.45, 2.75) is 6.18 Å². The molecule has 0 atom stereocenters. The van der Waals surface area contributed by atoms with Crippen LogP contribution in [-0.4, -0.2) is 16.3 Å². The Morgan fingerprint density at radius 2 is 1.71 bits per heavy atom. The molecule has 0 unspecified atom stereocenters. The van der Waals surface area contributed by atoms with Gasteiger partial charge in [-0.3, -0.25) is 9.78 Å². The third kappa shape index (κ3) is 3.17. The molecule has 0 fully saturated rings. The maximum atomic E-state index is 12.9. The minimum atomic E-state index is -4.43. The fraction of sp³-hybridized carbons (Fsp3) is 0.0556. The molecule has 0 amide bonds. The van der Waals surface area contributed by atoms with Crippen molar-refractivity contribution in [1.29, 1.82) is 0 Å². The lowest BCUT2D eigenvalue weighted by Crippen LogP contribution is -2.04. The standard InChI is InChI=1S/C18H11F3N2O/c19-18(20,21)14-3-1-13-2-4-16(23-17(13)11-14)15(7-10-24)12-5-8-22-9-6-12/h1-11H/b15-7+. The molecule has 1 aromatic carbocycles. The normalized spacial score (nSPS) is 12.4. The summed E-state index contributed by atoms with van der Waals surface area (Å²) in [5.74, 6) is 0. The van der Waals surface area contributed by atoms with E-state index in [9.17, 15) is 18.0 Å². The average molecular weight is 328 g/mol. The quantitative estimate of drug-likeness (QED) is 0.532. The lowest BCUT2D eigenvalue weighted by Gasteiger charge is -2.10. The maximum Gasteiger partial charge on any atom is 0.416 e. The Morgan fingerprint density at radius 3 is 2.38 bits per heavy atom. The number of aromatic nitrogens is 2. The first-order chi connectivity index (χ1) is 11.5. The van der Waals surface area contributed by atoms with Crippen LogP contribution < -0.4 is 0 Å². The molecular weight excluding hydrogens is 317 g/mol. The number of allylic oxidation sites excluding steroid dienone is 1. The summed E-state index contributed by atoms with van der Waals surface area (Å²) >= 11 is 0. The maximum absolute atomic E-state index is 12.9. The summed E-state index contributed by atoms with van der Waals surface area (Å²) in [6.07, 6.45) is 0.650. The molecule has 3 rings (SSSR count). The number of carbonyl (C=O) groups excluding carboxylic acids is 1. The van der Waals surface area contributed by atoms with Gasteiger partial charge in [0.2, 0.25) is 0 Å². The molecule has 3 nitrogen and oxygen atoms in total. The Morgan fingerprint density at radius 1 is 1.00 bits per heavy atom. The summed E-state index contributed by atoms with van der Waals surface area (Å²) in [5.41, 5.74) is 1.10. The van der Waals surface area contributed by atoms with Gasteiger partial charge in [-0.2, -0.15) is 13.2 Å². The predicted octanol–water partition coefficient (Wildman–Crippen LogP) is 4.28. The van der Waals surface area contributed by atoms with Crippen LogP contribution in [0.5, 0.6) is 0 Å². The number of carbonyl (C=O) groups is 1. The Kier molecular flexibility index (Phi) is 4.12. The van der Waals surface area contributed by atoms with Crippen molar-refractivity contribution >= 4 is 22.8 Å². The zero-order chi connectivity index (χ0) is 17.2. The molecule has 6 heteroatoms. The molecular formula is C18H11F3N2O. The van der Waals surface area contributed by atoms with Gasteiger partial charge in [0.1, 0.15) is 6.29 Å². The van der Waals surface area contributed by atoms with Crippen molar-refractivity contribution in [3.63, 3.8) is 0 Å². The smallest absolute Gasteiger partial charge is 0.299 e. The number of nitrogens with zero attached hydrogens (tertiary/aromatic N) is 2. The van der Waals surface area contributed by atoms with Crippen LogP contribution in [0.2, 0.25) is 0 Å². The van der Waals surface area contributed by atoms with Crippen LogP contribution in [0.25, 0.3) is 16.5 Å². The number of rotatable bonds is 3. The highest BCUT2D eigenvalue weighted by Crippen LogP contribution is 2.31. The number of benzene rings is 1. The summed E-state index contributed by atoms with van der Waals surface area (Å²) in [6, 6.07) is 10.2. The number of hydrogen-bond donors (Lipinski definition) is 0. The Balaban J connectivity index is 2.15. The van der Waals surface area contributed by atoms with Gasteiger partial charge >= 0.3 is 6.18 Å². The van der Waals surface area contributed by atoms with Crippen LogP contribution in [0.3, 0.4) is 0 Å². The fourth-order valence-electron chi connectivity index (χ4n) is 2.37. The van der Waals surface area contributed by atoms with Crippen LogP contribution in [0, 0.1) is 0 Å². The van der Waals surface area contributed by atoms with E-state index in [-0.39, 0.29) is 5.52 Å². The Hall–Kier alpha value is -3.02. The zero-order valence-corrected chi connectivity index (χ0v) is 12.3. The second kappa shape index (κ2) is 6.23. The third-order valence-corrected chi connectivity index (χ3v) is 3.52. The molecule has 0 aliphatic carbocycles. The zero-order valence-electron chi connectivity index (χ0n) is 12.3. The minimum Gasteiger partial charge on any atom is -0.299 e. The van der Waals surface area contributed by atoms with E-state index in [0.29, 0.717) is 28.5 Å². The van der Waals surface area contributed by atoms with Gasteiger partial charge in [-0.15, -0.1) is 0 Å². The Bertz CT molecular complexity index is 918. The van der Waals surface area contributed by atoms with E-state index in [1.54, 1.807) is 36.7 Å². The van der Waals surface area contributed by atoms with Gasteiger partial charge in [0.15, 0.2) is 0 Å². The summed E-state index contributed by atoms with van der Waals surface area (Å²) < 4.78 is 38.6. The highest BCUT2D eigenvalue weighted by Gasteiger charge is 2.30. The topological polar surface area (TPSA) is 42.9 Å². The highest BCUT2D eigenvalue weighted by molar-refractivity contribution is 5.90. The van der Waals surface area contributed by atoms with Crippen molar-refractivity contribution < 1.29 is 18.0 Å². The SMILES string of the molecule is O=C/C=C(\c1ccncc1)c1ccc2ccc(C(F)(F)F)cc2n1. The first kappa shape index (κ1) is 15.9. The van der Waals surface area contributed by atoms with E-state index in [1.807, 2.05) is 0 Å². The molecule has 2 heterocycles. The molecule has 0 N–H and O–H groups in total. The van der Waals surface area contributed by atoms with Gasteiger partial charge in [-0.1, -0.05) is 12.1 Å². The molecule has 2 aromatic heterocycles. The number of fused-ring (bicyclic) bond motifs is 1. The number of aldehydes is 1. The second-order valence-electron chi connectivity index (χ2n) is 5.05. The van der Waals surface area contributed by atoms with E-state index in [2.05, 4.69) is 9.97 Å². The van der Waals surface area contributed by atoms with Crippen molar-refractivity contribution in [1.82, 2.24) is 9.97 Å². The lowest BCUT2D eigenvalue weighted by molar-refractivity contribution is -0.137. The average Bonchev–Trinajstić information content (AvgIpc) is 2.58. The summed E-state index contributed by atoms with van der Waals surface area (Å²) in [4.78, 5) is 19.1. The van der Waals surface area contributed by atoms with Gasteiger partial charge < -0.3 is 0 Å². The largest absolute Gasteiger partial charge is 0.416 e. The molecule has 24 heavy (non-hydrogen) atoms. The third-order valence-electron chi connectivity index (χ3n) is 3.52. The van der Waals surface area contributed by atoms with Gasteiger partial charge in [0, 0.05) is 23.4 Å². The number of pyridine rings is 2. The predicted molar refractivity (Wildman–Crippen MR) is 84.1 cm³/mol. The molecule has 3 aromatic rings. The van der Waals surface area contributed by atoms with E-state index >= 15 is 0 Å². The number of hydrogen-bond acceptors (Lipinski definition) is 3.